The quantitative estimate of drug-likeness (QED) is 0.530. The number of hydrogen-bond acceptors (Lipinski definition) is 4. The highest BCUT2D eigenvalue weighted by atomic mass is 35.5. The Labute approximate surface area is 122 Å². The maximum absolute atomic E-state index is 11.5. The van der Waals surface area contributed by atoms with Crippen LogP contribution in [0.5, 0.6) is 5.75 Å². The van der Waals surface area contributed by atoms with E-state index in [1.807, 2.05) is 30.3 Å². The highest BCUT2D eigenvalue weighted by molar-refractivity contribution is 6.36. The summed E-state index contributed by atoms with van der Waals surface area (Å²) in [7, 11) is 0. The smallest absolute Gasteiger partial charge is 0.280 e. The molecule has 2 aromatic carbocycles. The van der Waals surface area contributed by atoms with Crippen LogP contribution in [0.3, 0.4) is 0 Å². The lowest BCUT2D eigenvalue weighted by Crippen LogP contribution is -2.19. The van der Waals surface area contributed by atoms with E-state index in [1.54, 1.807) is 24.3 Å². The van der Waals surface area contributed by atoms with E-state index in [2.05, 4.69) is 10.5 Å². The second-order valence-corrected chi connectivity index (χ2v) is 4.45. The summed E-state index contributed by atoms with van der Waals surface area (Å²) in [6.45, 7) is 1.38. The van der Waals surface area contributed by atoms with Gasteiger partial charge in [-0.2, -0.15) is 0 Å². The number of carbonyl (C=O) groups excluding carboxylic acids is 1. The molecule has 0 aromatic heterocycles. The fourth-order valence-electron chi connectivity index (χ4n) is 1.44. The first-order valence-electron chi connectivity index (χ1n) is 5.98. The Balaban J connectivity index is 2.13. The zero-order valence-corrected chi connectivity index (χ0v) is 11.6. The second-order valence-electron chi connectivity index (χ2n) is 4.01. The molecule has 0 saturated carbocycles. The van der Waals surface area contributed by atoms with Crippen LogP contribution in [-0.2, 0) is 4.79 Å². The van der Waals surface area contributed by atoms with Gasteiger partial charge < -0.3 is 4.74 Å². The van der Waals surface area contributed by atoms with Gasteiger partial charge in [0, 0.05) is 11.9 Å². The molecule has 0 atom stereocenters. The molecule has 2 aromatic rings. The molecule has 5 heteroatoms. The average molecular weight is 289 g/mol. The Bertz CT molecular complexity index is 627. The standard InChI is InChI=1S/C15H13ClN2O2/c1-11(19)15(18-17-13-7-3-2-4-8-13)20-14-9-5-6-12(16)10-14/h2-10,17H,1H3/b18-15+. The summed E-state index contributed by atoms with van der Waals surface area (Å²) in [4.78, 5) is 11.5. The Morgan fingerprint density at radius 1 is 1.15 bits per heavy atom. The lowest BCUT2D eigenvalue weighted by molar-refractivity contribution is -0.111. The summed E-state index contributed by atoms with van der Waals surface area (Å²) in [6, 6.07) is 16.1. The van der Waals surface area contributed by atoms with Crippen LogP contribution in [0.1, 0.15) is 6.92 Å². The maximum atomic E-state index is 11.5. The number of ether oxygens (including phenoxy) is 1. The Morgan fingerprint density at radius 3 is 2.55 bits per heavy atom. The predicted octanol–water partition coefficient (Wildman–Crippen LogP) is 3.73. The van der Waals surface area contributed by atoms with Gasteiger partial charge in [-0.25, -0.2) is 0 Å². The molecule has 0 aliphatic rings. The average Bonchev–Trinajstić information content (AvgIpc) is 2.44. The zero-order chi connectivity index (χ0) is 14.4. The number of nitrogens with one attached hydrogen (secondary N) is 1. The molecule has 2 rings (SSSR count). The number of halogens is 1. The van der Waals surface area contributed by atoms with Gasteiger partial charge in [0.05, 0.1) is 5.69 Å². The molecule has 1 N–H and O–H groups in total. The number of nitrogens with zero attached hydrogens (tertiary/aromatic N) is 1. The molecule has 102 valence electrons. The second kappa shape index (κ2) is 6.73. The van der Waals surface area contributed by atoms with Gasteiger partial charge in [0.1, 0.15) is 5.75 Å². The first-order chi connectivity index (χ1) is 9.65. The molecule has 0 heterocycles. The van der Waals surface area contributed by atoms with Crippen LogP contribution in [0.25, 0.3) is 0 Å². The minimum Gasteiger partial charge on any atom is -0.435 e. The first kappa shape index (κ1) is 14.1. The van der Waals surface area contributed by atoms with Crippen LogP contribution in [0.4, 0.5) is 5.69 Å². The third-order valence-electron chi connectivity index (χ3n) is 2.37. The van der Waals surface area contributed by atoms with Gasteiger partial charge in [0.25, 0.3) is 5.90 Å². The minimum atomic E-state index is -0.284. The van der Waals surface area contributed by atoms with Crippen LogP contribution in [-0.4, -0.2) is 11.7 Å². The van der Waals surface area contributed by atoms with Crippen LogP contribution in [0, 0.1) is 0 Å². The van der Waals surface area contributed by atoms with E-state index < -0.39 is 0 Å². The van der Waals surface area contributed by atoms with Crippen molar-refractivity contribution in [3.05, 3.63) is 59.6 Å². The van der Waals surface area contributed by atoms with Crippen LogP contribution < -0.4 is 10.2 Å². The first-order valence-corrected chi connectivity index (χ1v) is 6.36. The third-order valence-corrected chi connectivity index (χ3v) is 2.61. The van der Waals surface area contributed by atoms with Gasteiger partial charge >= 0.3 is 0 Å². The van der Waals surface area contributed by atoms with Crippen LogP contribution in [0.15, 0.2) is 59.7 Å². The van der Waals surface area contributed by atoms with Crippen molar-refractivity contribution in [3.63, 3.8) is 0 Å². The number of anilines is 1. The number of hydrogen-bond donors (Lipinski definition) is 1. The molecule has 0 spiro atoms. The Morgan fingerprint density at radius 2 is 1.90 bits per heavy atom. The molecule has 0 unspecified atom stereocenters. The molecule has 0 aliphatic carbocycles. The number of Topliss-reactive ketones (excluding diaryl/α,β-unsaturated/α-hetero) is 1. The summed E-state index contributed by atoms with van der Waals surface area (Å²) in [5, 5.41) is 4.50. The molecule has 0 radical (unpaired) electrons. The monoisotopic (exact) mass is 288 g/mol. The zero-order valence-electron chi connectivity index (χ0n) is 10.8. The molecule has 0 bridgehead atoms. The largest absolute Gasteiger partial charge is 0.435 e. The van der Waals surface area contributed by atoms with E-state index in [-0.39, 0.29) is 11.7 Å². The molecule has 0 saturated heterocycles. The van der Waals surface area contributed by atoms with Gasteiger partial charge in [-0.05, 0) is 30.3 Å². The van der Waals surface area contributed by atoms with E-state index in [4.69, 9.17) is 16.3 Å². The summed E-state index contributed by atoms with van der Waals surface area (Å²) in [5.41, 5.74) is 3.53. The summed E-state index contributed by atoms with van der Waals surface area (Å²) in [6.07, 6.45) is 0. The third kappa shape index (κ3) is 4.10. The van der Waals surface area contributed by atoms with E-state index in [1.165, 1.54) is 6.92 Å². The normalized spacial score (nSPS) is 11.0. The number of hydrazone groups is 1. The SMILES string of the molecule is CC(=O)/C(=N\Nc1ccccc1)Oc1cccc(Cl)c1. The van der Waals surface area contributed by atoms with E-state index in [0.717, 1.165) is 5.69 Å². The summed E-state index contributed by atoms with van der Waals surface area (Å²) in [5.74, 6) is 0.144. The number of ketones is 1. The fourth-order valence-corrected chi connectivity index (χ4v) is 1.62. The highest BCUT2D eigenvalue weighted by Gasteiger charge is 2.09. The summed E-state index contributed by atoms with van der Waals surface area (Å²) < 4.78 is 5.43. The molecule has 0 amide bonds. The van der Waals surface area contributed by atoms with Crippen molar-refractivity contribution in [2.45, 2.75) is 6.92 Å². The van der Waals surface area contributed by atoms with Gasteiger partial charge in [0.2, 0.25) is 5.78 Å². The molecular formula is C15H13ClN2O2. The molecule has 0 aliphatic heterocycles. The van der Waals surface area contributed by atoms with Crippen molar-refractivity contribution in [1.82, 2.24) is 0 Å². The lowest BCUT2D eigenvalue weighted by Gasteiger charge is -2.07. The van der Waals surface area contributed by atoms with Crippen LogP contribution in [0.2, 0.25) is 5.02 Å². The van der Waals surface area contributed by atoms with Gasteiger partial charge in [-0.3, -0.25) is 10.2 Å². The van der Waals surface area contributed by atoms with Crippen molar-refractivity contribution in [2.75, 3.05) is 5.43 Å². The van der Waals surface area contributed by atoms with Crippen molar-refractivity contribution in [3.8, 4) is 5.75 Å². The number of carbonyl (C=O) groups is 1. The maximum Gasteiger partial charge on any atom is 0.280 e. The molecule has 4 nitrogen and oxygen atoms in total. The van der Waals surface area contributed by atoms with Gasteiger partial charge in [0.15, 0.2) is 0 Å². The fraction of sp³-hybridized carbons (Fsp3) is 0.0667. The molecular weight excluding hydrogens is 276 g/mol. The van der Waals surface area contributed by atoms with Gasteiger partial charge in [-0.1, -0.05) is 35.9 Å². The Kier molecular flexibility index (Phi) is 4.74. The van der Waals surface area contributed by atoms with Crippen LogP contribution >= 0.6 is 11.6 Å². The molecule has 0 fully saturated rings. The topological polar surface area (TPSA) is 50.7 Å². The minimum absolute atomic E-state index is 0.0314. The highest BCUT2D eigenvalue weighted by Crippen LogP contribution is 2.17. The lowest BCUT2D eigenvalue weighted by atomic mass is 10.3. The van der Waals surface area contributed by atoms with Crippen molar-refractivity contribution in [1.29, 1.82) is 0 Å². The van der Waals surface area contributed by atoms with E-state index in [0.29, 0.717) is 10.8 Å². The Hall–Kier alpha value is -2.33. The van der Waals surface area contributed by atoms with Crippen molar-refractivity contribution in [2.24, 2.45) is 5.10 Å². The predicted molar refractivity (Wildman–Crippen MR) is 80.3 cm³/mol. The number of benzene rings is 2. The van der Waals surface area contributed by atoms with Crippen molar-refractivity contribution >= 4 is 29.0 Å². The molecule has 20 heavy (non-hydrogen) atoms. The number of rotatable bonds is 4. The van der Waals surface area contributed by atoms with E-state index >= 15 is 0 Å². The van der Waals surface area contributed by atoms with E-state index in [9.17, 15) is 4.79 Å². The van der Waals surface area contributed by atoms with Crippen molar-refractivity contribution < 1.29 is 9.53 Å². The number of para-hydroxylation sites is 1. The summed E-state index contributed by atoms with van der Waals surface area (Å²) >= 11 is 5.86. The van der Waals surface area contributed by atoms with Gasteiger partial charge in [-0.15, -0.1) is 5.10 Å².